The molecule has 0 spiro atoms. The van der Waals surface area contributed by atoms with Gasteiger partial charge in [-0.3, -0.25) is 0 Å². The number of aromatic nitrogens is 4. The Kier molecular flexibility index (Phi) is 5.25. The molecule has 0 N–H and O–H groups in total. The third-order valence-electron chi connectivity index (χ3n) is 9.56. The predicted octanol–water partition coefficient (Wildman–Crippen LogP) is 12.7. The Morgan fingerprint density at radius 1 is 0.451 bits per heavy atom. The molecule has 0 aliphatic carbocycles. The van der Waals surface area contributed by atoms with Gasteiger partial charge in [0.15, 0.2) is 17.5 Å². The van der Waals surface area contributed by atoms with Gasteiger partial charge in [0.1, 0.15) is 0 Å². The van der Waals surface area contributed by atoms with Gasteiger partial charge in [-0.15, -0.1) is 22.7 Å². The Bertz CT molecular complexity index is 3380. The first-order valence-electron chi connectivity index (χ1n) is 19.0. The van der Waals surface area contributed by atoms with Crippen molar-refractivity contribution < 1.29 is 6.85 Å². The van der Waals surface area contributed by atoms with Crippen molar-refractivity contribution in [2.45, 2.75) is 0 Å². The molecule has 0 atom stereocenters. The molecule has 0 amide bonds. The van der Waals surface area contributed by atoms with Crippen LogP contribution in [-0.4, -0.2) is 19.5 Å². The van der Waals surface area contributed by atoms with Gasteiger partial charge in [0.2, 0.25) is 0 Å². The highest BCUT2D eigenvalue weighted by atomic mass is 32.1. The molecular weight excluding hydrogens is 661 g/mol. The Morgan fingerprint density at radius 3 is 1.65 bits per heavy atom. The second-order valence-electron chi connectivity index (χ2n) is 12.4. The lowest BCUT2D eigenvalue weighted by molar-refractivity contribution is 1.08. The topological polar surface area (TPSA) is 43.6 Å². The standard InChI is InChI=1S/C45H26N4S2/c1-2-12-27(13-3-1)43-46-44(33-17-10-22-38-41(33)31-16-6-9-21-37(31)50-38)48-45(47-43)34-18-11-23-39-42(34)32-25-24-28(26-40(32)51-39)49-35-19-7-4-14-29(35)30-15-5-8-20-36(30)49/h1-26H/i1D,2D,3D,12D,13D. The van der Waals surface area contributed by atoms with Crippen LogP contribution in [0.4, 0.5) is 0 Å². The van der Waals surface area contributed by atoms with Crippen molar-refractivity contribution in [2.75, 3.05) is 0 Å². The minimum Gasteiger partial charge on any atom is -0.309 e. The second kappa shape index (κ2) is 11.2. The highest BCUT2D eigenvalue weighted by Crippen LogP contribution is 2.43. The van der Waals surface area contributed by atoms with Crippen molar-refractivity contribution in [3.63, 3.8) is 0 Å². The number of hydrogen-bond acceptors (Lipinski definition) is 5. The molecule has 0 bridgehead atoms. The normalized spacial score (nSPS) is 13.3. The molecule has 11 rings (SSSR count). The number of para-hydroxylation sites is 2. The van der Waals surface area contributed by atoms with E-state index in [9.17, 15) is 0 Å². The Balaban J connectivity index is 1.17. The molecule has 6 heteroatoms. The van der Waals surface area contributed by atoms with Crippen LogP contribution in [0.1, 0.15) is 6.85 Å². The molecule has 11 aromatic rings. The molecule has 0 fully saturated rings. The van der Waals surface area contributed by atoms with E-state index in [0.29, 0.717) is 11.6 Å². The van der Waals surface area contributed by atoms with Gasteiger partial charge in [0.05, 0.1) is 17.9 Å². The van der Waals surface area contributed by atoms with Crippen molar-refractivity contribution in [1.29, 1.82) is 0 Å². The minimum absolute atomic E-state index is 0.0173. The van der Waals surface area contributed by atoms with E-state index >= 15 is 0 Å². The summed E-state index contributed by atoms with van der Waals surface area (Å²) in [6.45, 7) is 0. The lowest BCUT2D eigenvalue weighted by atomic mass is 10.0. The number of thiophene rings is 2. The molecule has 0 saturated heterocycles. The fourth-order valence-corrected chi connectivity index (χ4v) is 9.69. The third kappa shape index (κ3) is 4.40. The first-order valence-corrected chi connectivity index (χ1v) is 18.2. The Hall–Kier alpha value is -6.21. The summed E-state index contributed by atoms with van der Waals surface area (Å²) in [6.07, 6.45) is 0. The lowest BCUT2D eigenvalue weighted by Crippen LogP contribution is -2.00. The molecule has 0 saturated carbocycles. The van der Waals surface area contributed by atoms with Crippen LogP contribution in [0, 0.1) is 0 Å². The molecule has 0 aliphatic rings. The maximum Gasteiger partial charge on any atom is 0.164 e. The number of benzene rings is 7. The Labute approximate surface area is 307 Å². The van der Waals surface area contributed by atoms with E-state index in [0.717, 1.165) is 68.2 Å². The molecule has 0 radical (unpaired) electrons. The van der Waals surface area contributed by atoms with Gasteiger partial charge in [-0.1, -0.05) is 115 Å². The van der Waals surface area contributed by atoms with Gasteiger partial charge in [-0.2, -0.15) is 0 Å². The third-order valence-corrected chi connectivity index (χ3v) is 11.8. The molecule has 4 heterocycles. The number of nitrogens with zero attached hydrogens (tertiary/aromatic N) is 4. The zero-order valence-corrected chi connectivity index (χ0v) is 28.4. The summed E-state index contributed by atoms with van der Waals surface area (Å²) in [4.78, 5) is 15.0. The fourth-order valence-electron chi connectivity index (χ4n) is 7.39. The number of rotatable bonds is 4. The summed E-state index contributed by atoms with van der Waals surface area (Å²) in [5, 5.41) is 6.49. The van der Waals surface area contributed by atoms with E-state index in [-0.39, 0.29) is 23.5 Å². The van der Waals surface area contributed by atoms with E-state index in [1.54, 1.807) is 22.7 Å². The summed E-state index contributed by atoms with van der Waals surface area (Å²) in [5.74, 6) is 0.727. The molecule has 238 valence electrons. The van der Waals surface area contributed by atoms with Gasteiger partial charge < -0.3 is 4.57 Å². The summed E-state index contributed by atoms with van der Waals surface area (Å²) in [6, 6.07) is 41.7. The van der Waals surface area contributed by atoms with E-state index in [4.69, 9.17) is 21.8 Å². The fraction of sp³-hybridized carbons (Fsp3) is 0. The van der Waals surface area contributed by atoms with E-state index in [1.807, 2.05) is 36.4 Å². The van der Waals surface area contributed by atoms with Gasteiger partial charge >= 0.3 is 0 Å². The van der Waals surface area contributed by atoms with Crippen molar-refractivity contribution in [2.24, 2.45) is 0 Å². The lowest BCUT2D eigenvalue weighted by Gasteiger charge is -2.11. The van der Waals surface area contributed by atoms with Crippen LogP contribution in [-0.2, 0) is 0 Å². The second-order valence-corrected chi connectivity index (χ2v) is 14.6. The highest BCUT2D eigenvalue weighted by molar-refractivity contribution is 7.26. The maximum atomic E-state index is 8.86. The zero-order chi connectivity index (χ0) is 37.8. The van der Waals surface area contributed by atoms with E-state index in [2.05, 4.69) is 95.6 Å². The SMILES string of the molecule is [2H]c1c([2H])c([2H])c(-c2nc(-c3cccc4sc5ccccc5c34)nc(-c3cccc4sc5cc(-n6c7ccccc7c7ccccc76)ccc5c34)n2)c([2H])c1[2H]. The molecule has 7 aromatic carbocycles. The van der Waals surface area contributed by atoms with Crippen molar-refractivity contribution in [1.82, 2.24) is 19.5 Å². The summed E-state index contributed by atoms with van der Waals surface area (Å²) in [5.41, 5.74) is 4.81. The van der Waals surface area contributed by atoms with Crippen LogP contribution in [0.25, 0.3) is 102 Å². The molecule has 4 aromatic heterocycles. The summed E-state index contributed by atoms with van der Waals surface area (Å²) in [7, 11) is 0. The molecular formula is C45H26N4S2. The number of hydrogen-bond donors (Lipinski definition) is 0. The Morgan fingerprint density at radius 2 is 0.980 bits per heavy atom. The summed E-state index contributed by atoms with van der Waals surface area (Å²) >= 11 is 3.38. The molecule has 4 nitrogen and oxygen atoms in total. The van der Waals surface area contributed by atoms with Crippen LogP contribution in [0.5, 0.6) is 0 Å². The average molecular weight is 692 g/mol. The van der Waals surface area contributed by atoms with E-state index < -0.39 is 18.1 Å². The maximum absolute atomic E-state index is 8.86. The van der Waals surface area contributed by atoms with Gasteiger partial charge in [0.25, 0.3) is 0 Å². The largest absolute Gasteiger partial charge is 0.309 e. The van der Waals surface area contributed by atoms with Gasteiger partial charge in [-0.05, 0) is 42.5 Å². The van der Waals surface area contributed by atoms with Crippen LogP contribution < -0.4 is 0 Å². The highest BCUT2D eigenvalue weighted by Gasteiger charge is 2.20. The quantitative estimate of drug-likeness (QED) is 0.184. The molecule has 0 unspecified atom stereocenters. The van der Waals surface area contributed by atoms with Gasteiger partial charge in [-0.25, -0.2) is 15.0 Å². The van der Waals surface area contributed by atoms with Crippen LogP contribution in [0.2, 0.25) is 0 Å². The minimum atomic E-state index is -0.470. The van der Waals surface area contributed by atoms with E-state index in [1.165, 1.54) is 10.8 Å². The van der Waals surface area contributed by atoms with Crippen molar-refractivity contribution in [3.05, 3.63) is 158 Å². The van der Waals surface area contributed by atoms with Crippen molar-refractivity contribution >= 4 is 84.8 Å². The molecule has 0 aliphatic heterocycles. The predicted molar refractivity (Wildman–Crippen MR) is 216 cm³/mol. The van der Waals surface area contributed by atoms with Gasteiger partial charge in [0, 0.05) is 73.5 Å². The number of fused-ring (bicyclic) bond motifs is 9. The summed E-state index contributed by atoms with van der Waals surface area (Å²) < 4.78 is 49.5. The first-order chi connectivity index (χ1) is 27.4. The smallest absolute Gasteiger partial charge is 0.164 e. The van der Waals surface area contributed by atoms with Crippen LogP contribution in [0.3, 0.4) is 0 Å². The van der Waals surface area contributed by atoms with Crippen LogP contribution in [0.15, 0.2) is 158 Å². The first kappa shape index (κ1) is 24.0. The van der Waals surface area contributed by atoms with Crippen LogP contribution >= 0.6 is 22.7 Å². The van der Waals surface area contributed by atoms with Crippen molar-refractivity contribution in [3.8, 4) is 39.9 Å². The molecule has 51 heavy (non-hydrogen) atoms. The zero-order valence-electron chi connectivity index (χ0n) is 31.7. The average Bonchev–Trinajstić information content (AvgIpc) is 3.91. The monoisotopic (exact) mass is 691 g/mol.